The lowest BCUT2D eigenvalue weighted by atomic mass is 9.99. The number of allylic oxidation sites excluding steroid dienone is 8. The minimum Gasteiger partial charge on any atom is -0.462 e. The third kappa shape index (κ3) is 32.9. The predicted molar refractivity (Wildman–Crippen MR) is 247 cm³/mol. The fourth-order valence-corrected chi connectivity index (χ4v) is 7.25. The van der Waals surface area contributed by atoms with Crippen LogP contribution in [0.4, 0.5) is 0 Å². The van der Waals surface area contributed by atoms with Gasteiger partial charge in [0.2, 0.25) is 0 Å². The summed E-state index contributed by atoms with van der Waals surface area (Å²) < 4.78 is 22.2. The maximum atomic E-state index is 12.8. The monoisotopic (exact) mass is 863 g/mol. The average molecular weight is 863 g/mol. The van der Waals surface area contributed by atoms with Gasteiger partial charge in [0.15, 0.2) is 12.4 Å². The van der Waals surface area contributed by atoms with Crippen LogP contribution in [0.1, 0.15) is 206 Å². The molecule has 354 valence electrons. The molecule has 0 aromatic rings. The highest BCUT2D eigenvalue weighted by Gasteiger charge is 2.44. The van der Waals surface area contributed by atoms with Gasteiger partial charge in [-0.3, -0.25) is 9.59 Å². The molecule has 1 saturated heterocycles. The molecule has 1 rings (SSSR count). The van der Waals surface area contributed by atoms with Gasteiger partial charge >= 0.3 is 11.9 Å². The van der Waals surface area contributed by atoms with Crippen molar-refractivity contribution >= 4 is 11.9 Å². The summed E-state index contributed by atoms with van der Waals surface area (Å²) in [7, 11) is 0. The molecule has 0 saturated carbocycles. The summed E-state index contributed by atoms with van der Waals surface area (Å²) in [6.45, 7) is 3.37. The third-order valence-corrected chi connectivity index (χ3v) is 11.2. The molecule has 1 aliphatic heterocycles. The predicted octanol–water partition coefficient (Wildman–Crippen LogP) is 11.2. The van der Waals surface area contributed by atoms with Crippen molar-refractivity contribution in [1.29, 1.82) is 0 Å². The van der Waals surface area contributed by atoms with E-state index in [4.69, 9.17) is 18.9 Å². The summed E-state index contributed by atoms with van der Waals surface area (Å²) in [5.74, 6) is -0.818. The number of esters is 2. The lowest BCUT2D eigenvalue weighted by molar-refractivity contribution is -0.305. The molecule has 1 heterocycles. The first kappa shape index (κ1) is 56.7. The lowest BCUT2D eigenvalue weighted by Crippen LogP contribution is -2.59. The molecular weight excluding hydrogens is 773 g/mol. The number of rotatable bonds is 41. The van der Waals surface area contributed by atoms with Gasteiger partial charge < -0.3 is 39.4 Å². The van der Waals surface area contributed by atoms with E-state index < -0.39 is 49.4 Å². The molecule has 0 amide bonds. The van der Waals surface area contributed by atoms with E-state index in [-0.39, 0.29) is 32.0 Å². The minimum atomic E-state index is -1.60. The Labute approximate surface area is 371 Å². The smallest absolute Gasteiger partial charge is 0.306 e. The summed E-state index contributed by atoms with van der Waals surface area (Å²) in [5, 5.41) is 40.2. The van der Waals surface area contributed by atoms with Crippen LogP contribution < -0.4 is 0 Å². The van der Waals surface area contributed by atoms with Crippen molar-refractivity contribution in [2.75, 3.05) is 19.8 Å². The summed E-state index contributed by atoms with van der Waals surface area (Å²) in [6, 6.07) is 0. The molecule has 61 heavy (non-hydrogen) atoms. The van der Waals surface area contributed by atoms with Gasteiger partial charge in [-0.25, -0.2) is 0 Å². The zero-order valence-corrected chi connectivity index (χ0v) is 38.7. The van der Waals surface area contributed by atoms with Crippen LogP contribution in [0.15, 0.2) is 48.6 Å². The molecule has 0 aromatic heterocycles. The van der Waals surface area contributed by atoms with Gasteiger partial charge in [0.1, 0.15) is 31.0 Å². The molecule has 1 aliphatic rings. The van der Waals surface area contributed by atoms with E-state index in [9.17, 15) is 30.0 Å². The Morgan fingerprint density at radius 2 is 0.918 bits per heavy atom. The van der Waals surface area contributed by atoms with Crippen LogP contribution >= 0.6 is 0 Å². The highest BCUT2D eigenvalue weighted by atomic mass is 16.7. The second kappa shape index (κ2) is 41.7. The summed E-state index contributed by atoms with van der Waals surface area (Å²) in [5.41, 5.74) is 0. The maximum absolute atomic E-state index is 12.8. The van der Waals surface area contributed by atoms with E-state index >= 15 is 0 Å². The van der Waals surface area contributed by atoms with Crippen LogP contribution in [0.25, 0.3) is 0 Å². The minimum absolute atomic E-state index is 0.219. The Kier molecular flexibility index (Phi) is 38.7. The first-order valence-electron chi connectivity index (χ1n) is 24.7. The second-order valence-corrected chi connectivity index (χ2v) is 16.9. The topological polar surface area (TPSA) is 152 Å². The van der Waals surface area contributed by atoms with Gasteiger partial charge in [-0.05, 0) is 77.0 Å². The zero-order chi connectivity index (χ0) is 44.4. The van der Waals surface area contributed by atoms with Crippen molar-refractivity contribution in [2.24, 2.45) is 0 Å². The molecule has 0 radical (unpaired) electrons. The Bertz CT molecular complexity index is 1130. The fourth-order valence-electron chi connectivity index (χ4n) is 7.25. The molecular formula is C51H90O10. The van der Waals surface area contributed by atoms with Crippen molar-refractivity contribution < 1.29 is 49.0 Å². The highest BCUT2D eigenvalue weighted by Crippen LogP contribution is 2.23. The Morgan fingerprint density at radius 1 is 0.508 bits per heavy atom. The number of hydrogen-bond acceptors (Lipinski definition) is 10. The Hall–Kier alpha value is -2.34. The normalized spacial score (nSPS) is 20.1. The van der Waals surface area contributed by atoms with Crippen LogP contribution in [-0.2, 0) is 28.5 Å². The lowest BCUT2D eigenvalue weighted by Gasteiger charge is -2.39. The van der Waals surface area contributed by atoms with Gasteiger partial charge in [0, 0.05) is 12.8 Å². The van der Waals surface area contributed by atoms with Gasteiger partial charge in [-0.2, -0.15) is 0 Å². The molecule has 0 aromatic carbocycles. The summed E-state index contributed by atoms with van der Waals surface area (Å²) >= 11 is 0. The average Bonchev–Trinajstić information content (AvgIpc) is 3.26. The number of carbonyl (C=O) groups is 2. The molecule has 0 bridgehead atoms. The van der Waals surface area contributed by atoms with Crippen LogP contribution in [0, 0.1) is 0 Å². The number of unbranched alkanes of at least 4 members (excludes halogenated alkanes) is 22. The van der Waals surface area contributed by atoms with Crippen LogP contribution in [-0.4, -0.2) is 89.0 Å². The number of carbonyl (C=O) groups excluding carboxylic acids is 2. The second-order valence-electron chi connectivity index (χ2n) is 16.9. The summed E-state index contributed by atoms with van der Waals surface area (Å²) in [4.78, 5) is 25.4. The van der Waals surface area contributed by atoms with Crippen molar-refractivity contribution in [2.45, 2.75) is 243 Å². The molecule has 2 unspecified atom stereocenters. The molecule has 0 spiro atoms. The van der Waals surface area contributed by atoms with Crippen LogP contribution in [0.3, 0.4) is 0 Å². The molecule has 0 aliphatic carbocycles. The fraction of sp³-hybridized carbons (Fsp3) is 0.804. The van der Waals surface area contributed by atoms with Crippen molar-refractivity contribution in [3.8, 4) is 0 Å². The standard InChI is InChI=1S/C51H90O10/c1-3-5-7-9-11-13-15-17-19-21-22-24-25-27-29-31-33-35-37-39-46(53)58-42-44(43-59-51-50(57)49(56)48(55)45(41-52)61-51)60-47(54)40-38-36-34-32-30-28-26-23-20-18-16-14-12-10-8-6-4-2/h11-14,17-20,44-45,48-52,55-57H,3-10,15-16,21-43H2,1-2H3/b13-11+,14-12+,19-17+,20-18+/t44-,45-,48+,49?,50?,51-/m0/s1. The number of aliphatic hydroxyl groups is 4. The number of hydrogen-bond donors (Lipinski definition) is 4. The van der Waals surface area contributed by atoms with Crippen molar-refractivity contribution in [3.05, 3.63) is 48.6 Å². The van der Waals surface area contributed by atoms with Crippen molar-refractivity contribution in [1.82, 2.24) is 0 Å². The Morgan fingerprint density at radius 3 is 1.36 bits per heavy atom. The maximum Gasteiger partial charge on any atom is 0.306 e. The van der Waals surface area contributed by atoms with Crippen LogP contribution in [0.2, 0.25) is 0 Å². The first-order valence-corrected chi connectivity index (χ1v) is 24.7. The SMILES string of the molecule is CCCCC/C=C/C/C=C/CCCCCCCCCCCC(=O)OC[C@@H](CO[C@H]1O[C@@H](CO)[C@@H](O)C(O)C1O)OC(=O)CCCCCCCCC/C=C/C/C=C/CCCCC. The molecule has 6 atom stereocenters. The first-order chi connectivity index (χ1) is 29.8. The van der Waals surface area contributed by atoms with E-state index in [0.717, 1.165) is 70.6 Å². The van der Waals surface area contributed by atoms with Gasteiger partial charge in [0.05, 0.1) is 13.2 Å². The van der Waals surface area contributed by atoms with Gasteiger partial charge in [-0.15, -0.1) is 0 Å². The zero-order valence-electron chi connectivity index (χ0n) is 38.7. The van der Waals surface area contributed by atoms with E-state index in [1.165, 1.54) is 103 Å². The van der Waals surface area contributed by atoms with Crippen molar-refractivity contribution in [3.63, 3.8) is 0 Å². The van der Waals surface area contributed by atoms with Gasteiger partial charge in [0.25, 0.3) is 0 Å². The van der Waals surface area contributed by atoms with E-state index in [0.29, 0.717) is 6.42 Å². The quantitative estimate of drug-likeness (QED) is 0.0265. The molecule has 1 fully saturated rings. The van der Waals surface area contributed by atoms with Gasteiger partial charge in [-0.1, -0.05) is 165 Å². The van der Waals surface area contributed by atoms with E-state index in [2.05, 4.69) is 62.5 Å². The molecule has 10 heteroatoms. The third-order valence-electron chi connectivity index (χ3n) is 11.2. The number of aliphatic hydroxyl groups excluding tert-OH is 4. The largest absolute Gasteiger partial charge is 0.462 e. The summed E-state index contributed by atoms with van der Waals surface area (Å²) in [6.07, 6.45) is 42.5. The molecule has 4 N–H and O–H groups in total. The Balaban J connectivity index is 2.29. The van der Waals surface area contributed by atoms with E-state index in [1.807, 2.05) is 0 Å². The highest BCUT2D eigenvalue weighted by molar-refractivity contribution is 5.70. The molecule has 10 nitrogen and oxygen atoms in total. The van der Waals surface area contributed by atoms with Crippen LogP contribution in [0.5, 0.6) is 0 Å². The number of ether oxygens (including phenoxy) is 4. The van der Waals surface area contributed by atoms with E-state index in [1.54, 1.807) is 0 Å².